The number of hydrogen-bond donors (Lipinski definition) is 2. The highest BCUT2D eigenvalue weighted by molar-refractivity contribution is 6.27. The van der Waals surface area contributed by atoms with Gasteiger partial charge in [0.15, 0.2) is 0 Å². The zero-order valence-corrected chi connectivity index (χ0v) is 15.3. The first kappa shape index (κ1) is 19.9. The molecule has 2 aromatic carbocycles. The van der Waals surface area contributed by atoms with Gasteiger partial charge in [-0.05, 0) is 30.2 Å². The highest BCUT2D eigenvalue weighted by atomic mass is 16.4. The van der Waals surface area contributed by atoms with Crippen LogP contribution >= 0.6 is 0 Å². The normalized spacial score (nSPS) is 15.5. The Morgan fingerprint density at radius 1 is 0.923 bits per heavy atom. The topological polar surface area (TPSA) is 81.1 Å². The standard InChI is InChI=1S/C18H24N2.C2H2O4/c1-15(2)20-12-10-19(11-13-20)14-17-8-5-7-16-6-3-4-9-18(16)17;3-1(4)2(5)6/h3-9,15H,10-14H2,1-2H3;(H,3,4)(H,5,6). The van der Waals surface area contributed by atoms with E-state index in [1.807, 2.05) is 0 Å². The first-order valence-corrected chi connectivity index (χ1v) is 8.77. The van der Waals surface area contributed by atoms with Gasteiger partial charge in [-0.3, -0.25) is 9.80 Å². The summed E-state index contributed by atoms with van der Waals surface area (Å²) in [5.74, 6) is -3.65. The van der Waals surface area contributed by atoms with Crippen molar-refractivity contribution in [2.24, 2.45) is 0 Å². The lowest BCUT2D eigenvalue weighted by Crippen LogP contribution is -2.48. The van der Waals surface area contributed by atoms with Crippen LogP contribution in [0.25, 0.3) is 10.8 Å². The minimum Gasteiger partial charge on any atom is -0.473 e. The molecule has 0 atom stereocenters. The summed E-state index contributed by atoms with van der Waals surface area (Å²) in [6.07, 6.45) is 0. The fourth-order valence-electron chi connectivity index (χ4n) is 3.11. The molecule has 6 heteroatoms. The molecular weight excluding hydrogens is 332 g/mol. The van der Waals surface area contributed by atoms with Gasteiger partial charge in [0.1, 0.15) is 0 Å². The maximum Gasteiger partial charge on any atom is 0.414 e. The third-order valence-electron chi connectivity index (χ3n) is 4.59. The summed E-state index contributed by atoms with van der Waals surface area (Å²) in [4.78, 5) is 23.4. The van der Waals surface area contributed by atoms with E-state index >= 15 is 0 Å². The Morgan fingerprint density at radius 2 is 1.50 bits per heavy atom. The number of aliphatic carboxylic acids is 2. The second-order valence-corrected chi connectivity index (χ2v) is 6.65. The van der Waals surface area contributed by atoms with Crippen molar-refractivity contribution in [1.29, 1.82) is 0 Å². The van der Waals surface area contributed by atoms with Crippen LogP contribution in [0.15, 0.2) is 42.5 Å². The van der Waals surface area contributed by atoms with Crippen LogP contribution in [0.2, 0.25) is 0 Å². The highest BCUT2D eigenvalue weighted by Crippen LogP contribution is 2.20. The van der Waals surface area contributed by atoms with Crippen molar-refractivity contribution in [3.8, 4) is 0 Å². The van der Waals surface area contributed by atoms with Gasteiger partial charge >= 0.3 is 11.9 Å². The van der Waals surface area contributed by atoms with Crippen LogP contribution in [0.3, 0.4) is 0 Å². The monoisotopic (exact) mass is 358 g/mol. The Morgan fingerprint density at radius 3 is 2.08 bits per heavy atom. The number of carbonyl (C=O) groups is 2. The molecule has 1 aliphatic rings. The van der Waals surface area contributed by atoms with Crippen LogP contribution in [0.1, 0.15) is 19.4 Å². The van der Waals surface area contributed by atoms with Crippen LogP contribution in [0.4, 0.5) is 0 Å². The Kier molecular flexibility index (Phi) is 7.12. The minimum atomic E-state index is -1.82. The molecule has 0 radical (unpaired) electrons. The molecule has 26 heavy (non-hydrogen) atoms. The maximum absolute atomic E-state index is 9.10. The average Bonchev–Trinajstić information content (AvgIpc) is 2.63. The quantitative estimate of drug-likeness (QED) is 0.821. The first-order chi connectivity index (χ1) is 12.4. The highest BCUT2D eigenvalue weighted by Gasteiger charge is 2.19. The maximum atomic E-state index is 9.10. The number of hydrogen-bond acceptors (Lipinski definition) is 4. The molecule has 3 rings (SSSR count). The third-order valence-corrected chi connectivity index (χ3v) is 4.59. The predicted molar refractivity (Wildman–Crippen MR) is 101 cm³/mol. The van der Waals surface area contributed by atoms with Crippen LogP contribution in [-0.2, 0) is 16.1 Å². The Labute approximate surface area is 153 Å². The van der Waals surface area contributed by atoms with Gasteiger partial charge in [-0.15, -0.1) is 0 Å². The van der Waals surface area contributed by atoms with Crippen molar-refractivity contribution >= 4 is 22.7 Å². The van der Waals surface area contributed by atoms with Crippen LogP contribution in [0.5, 0.6) is 0 Å². The molecule has 0 saturated carbocycles. The van der Waals surface area contributed by atoms with E-state index in [9.17, 15) is 0 Å². The van der Waals surface area contributed by atoms with E-state index in [4.69, 9.17) is 19.8 Å². The van der Waals surface area contributed by atoms with E-state index in [0.29, 0.717) is 6.04 Å². The summed E-state index contributed by atoms with van der Waals surface area (Å²) in [6.45, 7) is 10.4. The molecule has 0 spiro atoms. The van der Waals surface area contributed by atoms with Crippen molar-refractivity contribution in [2.75, 3.05) is 26.2 Å². The van der Waals surface area contributed by atoms with Gasteiger partial charge in [0.25, 0.3) is 0 Å². The second-order valence-electron chi connectivity index (χ2n) is 6.65. The smallest absolute Gasteiger partial charge is 0.414 e. The number of carboxylic acids is 2. The predicted octanol–water partition coefficient (Wildman–Crippen LogP) is 2.52. The van der Waals surface area contributed by atoms with E-state index in [-0.39, 0.29) is 0 Å². The largest absolute Gasteiger partial charge is 0.473 e. The third kappa shape index (κ3) is 5.54. The molecule has 0 aromatic heterocycles. The van der Waals surface area contributed by atoms with Crippen molar-refractivity contribution in [3.05, 3.63) is 48.0 Å². The van der Waals surface area contributed by atoms with Gasteiger partial charge in [-0.25, -0.2) is 9.59 Å². The Balaban J connectivity index is 0.000000352. The molecule has 0 unspecified atom stereocenters. The molecule has 0 aliphatic carbocycles. The summed E-state index contributed by atoms with van der Waals surface area (Å²) in [6, 6.07) is 16.0. The number of nitrogens with zero attached hydrogens (tertiary/aromatic N) is 2. The van der Waals surface area contributed by atoms with E-state index in [1.165, 1.54) is 42.5 Å². The van der Waals surface area contributed by atoms with Gasteiger partial charge in [0, 0.05) is 38.8 Å². The van der Waals surface area contributed by atoms with E-state index in [1.54, 1.807) is 0 Å². The molecule has 2 aromatic rings. The summed E-state index contributed by atoms with van der Waals surface area (Å²) in [5.41, 5.74) is 1.46. The molecular formula is C20H26N2O4. The van der Waals surface area contributed by atoms with Crippen LogP contribution in [0, 0.1) is 0 Å². The molecule has 1 fully saturated rings. The average molecular weight is 358 g/mol. The van der Waals surface area contributed by atoms with Gasteiger partial charge in [-0.1, -0.05) is 42.5 Å². The van der Waals surface area contributed by atoms with Crippen LogP contribution in [-0.4, -0.2) is 64.2 Å². The van der Waals surface area contributed by atoms with Crippen molar-refractivity contribution < 1.29 is 19.8 Å². The number of benzene rings is 2. The van der Waals surface area contributed by atoms with Crippen molar-refractivity contribution in [3.63, 3.8) is 0 Å². The molecule has 0 bridgehead atoms. The van der Waals surface area contributed by atoms with E-state index in [0.717, 1.165) is 6.54 Å². The zero-order valence-electron chi connectivity index (χ0n) is 15.3. The lowest BCUT2D eigenvalue weighted by molar-refractivity contribution is -0.159. The first-order valence-electron chi connectivity index (χ1n) is 8.77. The second kappa shape index (κ2) is 9.31. The summed E-state index contributed by atoms with van der Waals surface area (Å²) in [7, 11) is 0. The minimum absolute atomic E-state index is 0.676. The number of rotatable bonds is 3. The van der Waals surface area contributed by atoms with Crippen molar-refractivity contribution in [2.45, 2.75) is 26.4 Å². The molecule has 1 saturated heterocycles. The SMILES string of the molecule is CC(C)N1CCN(Cc2cccc3ccccc23)CC1.O=C(O)C(=O)O. The number of fused-ring (bicyclic) bond motifs is 1. The van der Waals surface area contributed by atoms with E-state index in [2.05, 4.69) is 66.1 Å². The molecule has 1 aliphatic heterocycles. The zero-order chi connectivity index (χ0) is 19.1. The molecule has 2 N–H and O–H groups in total. The lowest BCUT2D eigenvalue weighted by atomic mass is 10.0. The Hall–Kier alpha value is -2.44. The van der Waals surface area contributed by atoms with Crippen LogP contribution < -0.4 is 0 Å². The molecule has 1 heterocycles. The fraction of sp³-hybridized carbons (Fsp3) is 0.400. The van der Waals surface area contributed by atoms with Gasteiger partial charge in [0.2, 0.25) is 0 Å². The number of carboxylic acid groups (broad SMARTS) is 2. The van der Waals surface area contributed by atoms with E-state index < -0.39 is 11.9 Å². The summed E-state index contributed by atoms with van der Waals surface area (Å²) >= 11 is 0. The molecule has 0 amide bonds. The summed E-state index contributed by atoms with van der Waals surface area (Å²) < 4.78 is 0. The molecule has 140 valence electrons. The molecule has 6 nitrogen and oxygen atoms in total. The van der Waals surface area contributed by atoms with Gasteiger partial charge in [-0.2, -0.15) is 0 Å². The lowest BCUT2D eigenvalue weighted by Gasteiger charge is -2.37. The van der Waals surface area contributed by atoms with Crippen molar-refractivity contribution in [1.82, 2.24) is 9.80 Å². The number of piperazine rings is 1. The summed E-state index contributed by atoms with van der Waals surface area (Å²) in [5, 5.41) is 17.5. The Bertz CT molecular complexity index is 735. The van der Waals surface area contributed by atoms with Gasteiger partial charge in [0.05, 0.1) is 0 Å². The fourth-order valence-corrected chi connectivity index (χ4v) is 3.11. The van der Waals surface area contributed by atoms with Gasteiger partial charge < -0.3 is 10.2 Å².